The van der Waals surface area contributed by atoms with Crippen LogP contribution >= 0.6 is 0 Å². The van der Waals surface area contributed by atoms with E-state index in [1.165, 1.54) is 7.11 Å². The summed E-state index contributed by atoms with van der Waals surface area (Å²) in [6, 6.07) is 2.05. The quantitative estimate of drug-likeness (QED) is 0.744. The van der Waals surface area contributed by atoms with Crippen molar-refractivity contribution in [3.8, 4) is 5.75 Å². The van der Waals surface area contributed by atoms with Crippen LogP contribution in [0.1, 0.15) is 20.7 Å². The molecule has 0 bridgehead atoms. The first-order valence-electron chi connectivity index (χ1n) is 3.66. The molecule has 0 radical (unpaired) electrons. The predicted octanol–water partition coefficient (Wildman–Crippen LogP) is 1.34. The average Bonchev–Trinajstić information content (AvgIpc) is 2.16. The van der Waals surface area contributed by atoms with Gasteiger partial charge in [-0.15, -0.1) is 0 Å². The van der Waals surface area contributed by atoms with Gasteiger partial charge in [-0.2, -0.15) is 0 Å². The van der Waals surface area contributed by atoms with Crippen molar-refractivity contribution in [2.45, 2.75) is 0 Å². The first-order chi connectivity index (χ1) is 6.60. The molecule has 0 aliphatic carbocycles. The average molecular weight is 198 g/mol. The van der Waals surface area contributed by atoms with Gasteiger partial charge in [0.2, 0.25) is 0 Å². The second-order valence-electron chi connectivity index (χ2n) is 2.49. The number of carboxylic acid groups (broad SMARTS) is 1. The molecule has 14 heavy (non-hydrogen) atoms. The topological polar surface area (TPSA) is 63.6 Å². The number of rotatable bonds is 3. The van der Waals surface area contributed by atoms with Gasteiger partial charge in [-0.3, -0.25) is 4.79 Å². The first kappa shape index (κ1) is 10.2. The molecule has 0 spiro atoms. The molecule has 74 valence electrons. The summed E-state index contributed by atoms with van der Waals surface area (Å²) in [7, 11) is 1.28. The van der Waals surface area contributed by atoms with Gasteiger partial charge in [0.1, 0.15) is 11.6 Å². The maximum atomic E-state index is 13.1. The van der Waals surface area contributed by atoms with E-state index < -0.39 is 22.9 Å². The highest BCUT2D eigenvalue weighted by atomic mass is 19.1. The Labute approximate surface area is 78.9 Å². The summed E-state index contributed by atoms with van der Waals surface area (Å²) in [5, 5.41) is 8.66. The van der Waals surface area contributed by atoms with E-state index in [0.29, 0.717) is 0 Å². The molecule has 0 heterocycles. The highest BCUT2D eigenvalue weighted by Crippen LogP contribution is 2.20. The lowest BCUT2D eigenvalue weighted by Crippen LogP contribution is -2.05. The summed E-state index contributed by atoms with van der Waals surface area (Å²) in [5.41, 5.74) is -0.879. The van der Waals surface area contributed by atoms with Crippen LogP contribution in [0.3, 0.4) is 0 Å². The lowest BCUT2D eigenvalue weighted by atomic mass is 10.1. The van der Waals surface area contributed by atoms with Gasteiger partial charge in [0.15, 0.2) is 6.29 Å². The predicted molar refractivity (Wildman–Crippen MR) is 45.3 cm³/mol. The highest BCUT2D eigenvalue weighted by molar-refractivity contribution is 5.97. The van der Waals surface area contributed by atoms with Crippen LogP contribution in [0.25, 0.3) is 0 Å². The molecule has 0 aliphatic heterocycles. The van der Waals surface area contributed by atoms with Crippen LogP contribution in [0.5, 0.6) is 5.75 Å². The van der Waals surface area contributed by atoms with Gasteiger partial charge in [0.05, 0.1) is 18.2 Å². The van der Waals surface area contributed by atoms with Gasteiger partial charge < -0.3 is 9.84 Å². The van der Waals surface area contributed by atoms with E-state index in [-0.39, 0.29) is 12.0 Å². The number of carboxylic acids is 1. The molecular formula is C9H7FO4. The first-order valence-corrected chi connectivity index (χ1v) is 3.66. The Hall–Kier alpha value is -1.91. The van der Waals surface area contributed by atoms with Crippen LogP contribution in [0.4, 0.5) is 4.39 Å². The van der Waals surface area contributed by atoms with E-state index in [1.807, 2.05) is 0 Å². The second-order valence-corrected chi connectivity index (χ2v) is 2.49. The van der Waals surface area contributed by atoms with E-state index in [4.69, 9.17) is 5.11 Å². The van der Waals surface area contributed by atoms with Gasteiger partial charge >= 0.3 is 5.97 Å². The van der Waals surface area contributed by atoms with Crippen molar-refractivity contribution in [1.82, 2.24) is 0 Å². The Kier molecular flexibility index (Phi) is 2.81. The van der Waals surface area contributed by atoms with Crippen molar-refractivity contribution in [1.29, 1.82) is 0 Å². The number of aldehydes is 1. The largest absolute Gasteiger partial charge is 0.497 e. The zero-order chi connectivity index (χ0) is 10.7. The third-order valence-electron chi connectivity index (χ3n) is 1.69. The van der Waals surface area contributed by atoms with Crippen LogP contribution in [-0.4, -0.2) is 24.5 Å². The highest BCUT2D eigenvalue weighted by Gasteiger charge is 2.15. The van der Waals surface area contributed by atoms with E-state index >= 15 is 0 Å². The Morgan fingerprint density at radius 2 is 2.21 bits per heavy atom. The van der Waals surface area contributed by atoms with Crippen LogP contribution in [0.15, 0.2) is 12.1 Å². The Morgan fingerprint density at radius 1 is 1.57 bits per heavy atom. The van der Waals surface area contributed by atoms with Crippen LogP contribution in [-0.2, 0) is 0 Å². The number of carbonyl (C=O) groups is 2. The molecule has 5 heteroatoms. The molecular weight excluding hydrogens is 191 g/mol. The van der Waals surface area contributed by atoms with Crippen molar-refractivity contribution in [2.24, 2.45) is 0 Å². The van der Waals surface area contributed by atoms with Gasteiger partial charge in [-0.05, 0) is 6.07 Å². The fraction of sp³-hybridized carbons (Fsp3) is 0.111. The van der Waals surface area contributed by atoms with Gasteiger partial charge in [-0.1, -0.05) is 0 Å². The van der Waals surface area contributed by atoms with Crippen LogP contribution in [0, 0.1) is 5.82 Å². The lowest BCUT2D eigenvalue weighted by Gasteiger charge is -2.04. The fourth-order valence-electron chi connectivity index (χ4n) is 1.01. The third kappa shape index (κ3) is 1.71. The van der Waals surface area contributed by atoms with Crippen molar-refractivity contribution in [3.05, 3.63) is 29.1 Å². The number of methoxy groups -OCH3 is 1. The van der Waals surface area contributed by atoms with Gasteiger partial charge in [-0.25, -0.2) is 9.18 Å². The summed E-state index contributed by atoms with van der Waals surface area (Å²) in [6.45, 7) is 0. The van der Waals surface area contributed by atoms with Crippen molar-refractivity contribution >= 4 is 12.3 Å². The number of hydrogen-bond donors (Lipinski definition) is 1. The minimum absolute atomic E-state index is 0.0606. The lowest BCUT2D eigenvalue weighted by molar-refractivity contribution is 0.0692. The maximum Gasteiger partial charge on any atom is 0.336 e. The summed E-state index contributed by atoms with van der Waals surface area (Å²) in [4.78, 5) is 21.0. The zero-order valence-electron chi connectivity index (χ0n) is 7.28. The summed E-state index contributed by atoms with van der Waals surface area (Å²) in [6.07, 6.45) is 0.165. The molecule has 0 aliphatic rings. The molecule has 0 unspecified atom stereocenters. The minimum Gasteiger partial charge on any atom is -0.497 e. The smallest absolute Gasteiger partial charge is 0.336 e. The Bertz CT molecular complexity index is 387. The van der Waals surface area contributed by atoms with Crippen LogP contribution < -0.4 is 4.74 Å². The molecule has 0 saturated heterocycles. The van der Waals surface area contributed by atoms with E-state index in [9.17, 15) is 14.0 Å². The zero-order valence-corrected chi connectivity index (χ0v) is 7.28. The van der Waals surface area contributed by atoms with E-state index in [2.05, 4.69) is 4.74 Å². The Morgan fingerprint density at radius 3 is 2.64 bits per heavy atom. The SMILES string of the molecule is COc1cc(F)c(C=O)c(C(=O)O)c1. The second kappa shape index (κ2) is 3.87. The normalized spacial score (nSPS) is 9.57. The third-order valence-corrected chi connectivity index (χ3v) is 1.69. The van der Waals surface area contributed by atoms with E-state index in [1.54, 1.807) is 0 Å². The monoisotopic (exact) mass is 198 g/mol. The number of benzene rings is 1. The van der Waals surface area contributed by atoms with Gasteiger partial charge in [0.25, 0.3) is 0 Å². The molecule has 4 nitrogen and oxygen atoms in total. The van der Waals surface area contributed by atoms with Crippen molar-refractivity contribution in [3.63, 3.8) is 0 Å². The minimum atomic E-state index is -1.37. The van der Waals surface area contributed by atoms with E-state index in [0.717, 1.165) is 12.1 Å². The standard InChI is InChI=1S/C9H7FO4/c1-14-5-2-6(9(12)13)7(4-11)8(10)3-5/h2-4H,1H3,(H,12,13). The molecule has 0 fully saturated rings. The summed E-state index contributed by atoms with van der Waals surface area (Å²) >= 11 is 0. The number of halogens is 1. The summed E-state index contributed by atoms with van der Waals surface area (Å²) < 4.78 is 17.7. The molecule has 1 rings (SSSR count). The molecule has 1 aromatic rings. The maximum absolute atomic E-state index is 13.1. The number of aromatic carboxylic acids is 1. The molecule has 0 atom stereocenters. The van der Waals surface area contributed by atoms with Crippen molar-refractivity contribution < 1.29 is 23.8 Å². The summed E-state index contributed by atoms with van der Waals surface area (Å²) in [5.74, 6) is -2.22. The van der Waals surface area contributed by atoms with Crippen LogP contribution in [0.2, 0.25) is 0 Å². The molecule has 1 aromatic carbocycles. The molecule has 1 N–H and O–H groups in total. The Balaban J connectivity index is 3.43. The van der Waals surface area contributed by atoms with Crippen molar-refractivity contribution in [2.75, 3.05) is 7.11 Å². The number of hydrogen-bond acceptors (Lipinski definition) is 3. The van der Waals surface area contributed by atoms with Gasteiger partial charge in [0, 0.05) is 6.07 Å². The molecule has 0 amide bonds. The number of ether oxygens (including phenoxy) is 1. The fourth-order valence-corrected chi connectivity index (χ4v) is 1.01. The molecule has 0 aromatic heterocycles. The number of carbonyl (C=O) groups excluding carboxylic acids is 1. The molecule has 0 saturated carbocycles.